The number of fused-ring (bicyclic) bond motifs is 1. The fourth-order valence-electron chi connectivity index (χ4n) is 2.28. The highest BCUT2D eigenvalue weighted by Gasteiger charge is 2.07. The van der Waals surface area contributed by atoms with Gasteiger partial charge in [-0.1, -0.05) is 45.2 Å². The molecule has 108 valence electrons. The third kappa shape index (κ3) is 3.92. The second-order valence-electron chi connectivity index (χ2n) is 5.25. The maximum Gasteiger partial charge on any atom is 0.148 e. The van der Waals surface area contributed by atoms with Crippen LogP contribution in [0.1, 0.15) is 51.6 Å². The van der Waals surface area contributed by atoms with Crippen LogP contribution in [0.2, 0.25) is 0 Å². The molecule has 2 aromatic rings. The molecule has 0 atom stereocenters. The van der Waals surface area contributed by atoms with Crippen LogP contribution in [-0.4, -0.2) is 16.5 Å². The summed E-state index contributed by atoms with van der Waals surface area (Å²) in [6.45, 7) is 5.42. The van der Waals surface area contributed by atoms with Crippen molar-refractivity contribution >= 4 is 16.9 Å². The molecule has 3 nitrogen and oxygen atoms in total. The second kappa shape index (κ2) is 7.83. The van der Waals surface area contributed by atoms with E-state index in [1.807, 2.05) is 24.3 Å². The quantitative estimate of drug-likeness (QED) is 0.714. The number of aromatic nitrogens is 2. The van der Waals surface area contributed by atoms with Crippen molar-refractivity contribution in [3.05, 3.63) is 30.0 Å². The first kappa shape index (κ1) is 14.8. The number of aryl methyl sites for hydroxylation is 1. The van der Waals surface area contributed by atoms with Crippen LogP contribution in [0.5, 0.6) is 0 Å². The van der Waals surface area contributed by atoms with E-state index in [4.69, 9.17) is 9.97 Å². The van der Waals surface area contributed by atoms with Crippen LogP contribution in [-0.2, 0) is 6.42 Å². The highest BCUT2D eigenvalue weighted by atomic mass is 15.0. The van der Waals surface area contributed by atoms with E-state index >= 15 is 0 Å². The predicted molar refractivity (Wildman–Crippen MR) is 86.2 cm³/mol. The summed E-state index contributed by atoms with van der Waals surface area (Å²) in [7, 11) is 0. The summed E-state index contributed by atoms with van der Waals surface area (Å²) in [5, 5.41) is 3.48. The number of hydrogen-bond acceptors (Lipinski definition) is 3. The topological polar surface area (TPSA) is 37.8 Å². The first-order valence-corrected chi connectivity index (χ1v) is 7.84. The van der Waals surface area contributed by atoms with Crippen LogP contribution in [0.25, 0.3) is 11.0 Å². The van der Waals surface area contributed by atoms with Gasteiger partial charge >= 0.3 is 0 Å². The first-order valence-electron chi connectivity index (χ1n) is 7.84. The Bertz CT molecular complexity index is 537. The Morgan fingerprint density at radius 1 is 0.900 bits per heavy atom. The van der Waals surface area contributed by atoms with Crippen molar-refractivity contribution in [1.82, 2.24) is 9.97 Å². The molecule has 1 heterocycles. The van der Waals surface area contributed by atoms with E-state index in [1.54, 1.807) is 0 Å². The number of benzene rings is 1. The van der Waals surface area contributed by atoms with E-state index in [9.17, 15) is 0 Å². The Kier molecular flexibility index (Phi) is 5.78. The van der Waals surface area contributed by atoms with Crippen LogP contribution in [0.15, 0.2) is 24.3 Å². The van der Waals surface area contributed by atoms with Gasteiger partial charge in [-0.15, -0.1) is 0 Å². The van der Waals surface area contributed by atoms with Crippen molar-refractivity contribution in [3.63, 3.8) is 0 Å². The van der Waals surface area contributed by atoms with Crippen LogP contribution >= 0.6 is 0 Å². The van der Waals surface area contributed by atoms with Crippen LogP contribution in [0, 0.1) is 0 Å². The van der Waals surface area contributed by atoms with Gasteiger partial charge in [-0.2, -0.15) is 0 Å². The molecule has 0 bridgehead atoms. The van der Waals surface area contributed by atoms with Crippen LogP contribution < -0.4 is 5.32 Å². The maximum absolute atomic E-state index is 4.79. The molecule has 0 unspecified atom stereocenters. The molecule has 0 amide bonds. The molecule has 0 radical (unpaired) electrons. The minimum absolute atomic E-state index is 0.978. The van der Waals surface area contributed by atoms with Gasteiger partial charge in [0.1, 0.15) is 5.82 Å². The number of para-hydroxylation sites is 2. The molecule has 0 saturated heterocycles. The summed E-state index contributed by atoms with van der Waals surface area (Å²) in [5.74, 6) is 0.980. The van der Waals surface area contributed by atoms with Gasteiger partial charge in [0.2, 0.25) is 0 Å². The standard InChI is InChI=1S/C17H25N3/c1-3-5-9-13-18-17-16(10-6-4-2)19-14-11-7-8-12-15(14)20-17/h7-8,11-12H,3-6,9-10,13H2,1-2H3,(H,18,20). The lowest BCUT2D eigenvalue weighted by Gasteiger charge is -2.11. The van der Waals surface area contributed by atoms with Crippen molar-refractivity contribution in [2.24, 2.45) is 0 Å². The molecule has 2 rings (SSSR count). The second-order valence-corrected chi connectivity index (χ2v) is 5.25. The molecule has 0 aliphatic carbocycles. The molecule has 0 aliphatic heterocycles. The third-order valence-electron chi connectivity index (χ3n) is 3.48. The number of rotatable bonds is 8. The first-order chi connectivity index (χ1) is 9.85. The fraction of sp³-hybridized carbons (Fsp3) is 0.529. The molecule has 20 heavy (non-hydrogen) atoms. The zero-order valence-corrected chi connectivity index (χ0v) is 12.7. The van der Waals surface area contributed by atoms with E-state index < -0.39 is 0 Å². The normalized spacial score (nSPS) is 10.9. The van der Waals surface area contributed by atoms with Gasteiger partial charge in [-0.3, -0.25) is 0 Å². The zero-order chi connectivity index (χ0) is 14.2. The molecular formula is C17H25N3. The molecule has 0 aliphatic rings. The van der Waals surface area contributed by atoms with E-state index in [0.29, 0.717) is 0 Å². The van der Waals surface area contributed by atoms with Gasteiger partial charge in [0.15, 0.2) is 0 Å². The largest absolute Gasteiger partial charge is 0.369 e. The SMILES string of the molecule is CCCCCNc1nc2ccccc2nc1CCCC. The number of unbranched alkanes of at least 4 members (excludes halogenated alkanes) is 3. The number of nitrogens with zero attached hydrogens (tertiary/aromatic N) is 2. The highest BCUT2D eigenvalue weighted by Crippen LogP contribution is 2.18. The highest BCUT2D eigenvalue weighted by molar-refractivity contribution is 5.76. The number of hydrogen-bond donors (Lipinski definition) is 1. The number of nitrogens with one attached hydrogen (secondary N) is 1. The minimum Gasteiger partial charge on any atom is -0.369 e. The molecule has 0 spiro atoms. The van der Waals surface area contributed by atoms with Gasteiger partial charge in [0, 0.05) is 6.54 Å². The van der Waals surface area contributed by atoms with Crippen LogP contribution in [0.3, 0.4) is 0 Å². The Balaban J connectivity index is 2.18. The maximum atomic E-state index is 4.79. The predicted octanol–water partition coefficient (Wildman–Crippen LogP) is 4.57. The molecule has 3 heteroatoms. The van der Waals surface area contributed by atoms with Crippen molar-refractivity contribution in [1.29, 1.82) is 0 Å². The van der Waals surface area contributed by atoms with Gasteiger partial charge in [0.05, 0.1) is 16.7 Å². The van der Waals surface area contributed by atoms with E-state index in [1.165, 1.54) is 25.7 Å². The lowest BCUT2D eigenvalue weighted by Crippen LogP contribution is -2.08. The molecule has 1 N–H and O–H groups in total. The summed E-state index contributed by atoms with van der Waals surface area (Å²) in [5.41, 5.74) is 3.09. The van der Waals surface area contributed by atoms with Gasteiger partial charge in [-0.05, 0) is 31.4 Å². The van der Waals surface area contributed by atoms with Crippen molar-refractivity contribution < 1.29 is 0 Å². The minimum atomic E-state index is 0.978. The monoisotopic (exact) mass is 271 g/mol. The molecule has 0 fully saturated rings. The third-order valence-corrected chi connectivity index (χ3v) is 3.48. The van der Waals surface area contributed by atoms with Gasteiger partial charge < -0.3 is 5.32 Å². The Hall–Kier alpha value is -1.64. The fourth-order valence-corrected chi connectivity index (χ4v) is 2.28. The average molecular weight is 271 g/mol. The molecular weight excluding hydrogens is 246 g/mol. The summed E-state index contributed by atoms with van der Waals surface area (Å²) in [4.78, 5) is 9.54. The lowest BCUT2D eigenvalue weighted by molar-refractivity contribution is 0.737. The Labute approximate surface area is 121 Å². The lowest BCUT2D eigenvalue weighted by atomic mass is 10.2. The summed E-state index contributed by atoms with van der Waals surface area (Å²) < 4.78 is 0. The smallest absolute Gasteiger partial charge is 0.148 e. The number of anilines is 1. The average Bonchev–Trinajstić information content (AvgIpc) is 2.49. The molecule has 1 aromatic carbocycles. The van der Waals surface area contributed by atoms with E-state index in [0.717, 1.165) is 41.9 Å². The van der Waals surface area contributed by atoms with Crippen molar-refractivity contribution in [3.8, 4) is 0 Å². The Morgan fingerprint density at radius 2 is 1.60 bits per heavy atom. The van der Waals surface area contributed by atoms with Crippen molar-refractivity contribution in [2.45, 2.75) is 52.4 Å². The molecule has 0 saturated carbocycles. The summed E-state index contributed by atoms with van der Waals surface area (Å²) in [6.07, 6.45) is 7.05. The van der Waals surface area contributed by atoms with Crippen molar-refractivity contribution in [2.75, 3.05) is 11.9 Å². The van der Waals surface area contributed by atoms with Crippen LogP contribution in [0.4, 0.5) is 5.82 Å². The van der Waals surface area contributed by atoms with E-state index in [2.05, 4.69) is 19.2 Å². The molecule has 1 aromatic heterocycles. The summed E-state index contributed by atoms with van der Waals surface area (Å²) in [6, 6.07) is 8.11. The Morgan fingerprint density at radius 3 is 2.30 bits per heavy atom. The van der Waals surface area contributed by atoms with Gasteiger partial charge in [-0.25, -0.2) is 9.97 Å². The van der Waals surface area contributed by atoms with Gasteiger partial charge in [0.25, 0.3) is 0 Å². The summed E-state index contributed by atoms with van der Waals surface area (Å²) >= 11 is 0. The zero-order valence-electron chi connectivity index (χ0n) is 12.7. The van der Waals surface area contributed by atoms with E-state index in [-0.39, 0.29) is 0 Å².